The third kappa shape index (κ3) is 2.28. The maximum Gasteiger partial charge on any atom is 0.269 e. The number of hydrogen-bond acceptors (Lipinski definition) is 2. The molecule has 0 aliphatic carbocycles. The predicted octanol–water partition coefficient (Wildman–Crippen LogP) is 1.56. The topological polar surface area (TPSA) is 42.0 Å². The molecule has 1 aromatic rings. The Hall–Kier alpha value is -1.38. The molecule has 1 amide bonds. The van der Waals surface area contributed by atoms with Gasteiger partial charge in [-0.25, -0.2) is 4.98 Å². The fourth-order valence-corrected chi connectivity index (χ4v) is 1.03. The van der Waals surface area contributed by atoms with Gasteiger partial charge in [-0.3, -0.25) is 4.79 Å². The second kappa shape index (κ2) is 4.03. The van der Waals surface area contributed by atoms with E-state index in [9.17, 15) is 4.79 Å². The van der Waals surface area contributed by atoms with E-state index in [0.717, 1.165) is 5.69 Å². The van der Waals surface area contributed by atoms with E-state index in [1.54, 1.807) is 13.1 Å². The van der Waals surface area contributed by atoms with Gasteiger partial charge < -0.3 is 5.32 Å². The van der Waals surface area contributed by atoms with Crippen molar-refractivity contribution in [3.63, 3.8) is 0 Å². The molecule has 1 heterocycles. The Labute approximate surface area is 78.2 Å². The van der Waals surface area contributed by atoms with Gasteiger partial charge in [-0.2, -0.15) is 0 Å². The summed E-state index contributed by atoms with van der Waals surface area (Å²) in [6, 6.07) is 5.49. The summed E-state index contributed by atoms with van der Waals surface area (Å²) in [7, 11) is 1.60. The van der Waals surface area contributed by atoms with Crippen LogP contribution < -0.4 is 5.32 Å². The van der Waals surface area contributed by atoms with Gasteiger partial charge in [0, 0.05) is 12.7 Å². The van der Waals surface area contributed by atoms with E-state index < -0.39 is 0 Å². The van der Waals surface area contributed by atoms with E-state index in [4.69, 9.17) is 0 Å². The van der Waals surface area contributed by atoms with Gasteiger partial charge in [0.1, 0.15) is 5.69 Å². The molecule has 3 nitrogen and oxygen atoms in total. The molecule has 0 aliphatic heterocycles. The van der Waals surface area contributed by atoms with Crippen molar-refractivity contribution in [3.8, 4) is 0 Å². The summed E-state index contributed by atoms with van der Waals surface area (Å²) >= 11 is 0. The molecule has 0 radical (unpaired) electrons. The molecule has 1 aromatic heterocycles. The van der Waals surface area contributed by atoms with Crippen LogP contribution in [-0.2, 0) is 0 Å². The Balaban J connectivity index is 2.98. The summed E-state index contributed by atoms with van der Waals surface area (Å²) in [6.45, 7) is 4.10. The molecular weight excluding hydrogens is 164 g/mol. The fourth-order valence-electron chi connectivity index (χ4n) is 1.03. The molecule has 3 heteroatoms. The van der Waals surface area contributed by atoms with Gasteiger partial charge in [-0.15, -0.1) is 0 Å². The Morgan fingerprint density at radius 2 is 2.15 bits per heavy atom. The van der Waals surface area contributed by atoms with Crippen molar-refractivity contribution in [2.45, 2.75) is 19.8 Å². The standard InChI is InChI=1S/C10H14N2O/c1-7(2)8-5-4-6-9(12-8)10(13)11-3/h4-7H,1-3H3,(H,11,13). The van der Waals surface area contributed by atoms with Crippen LogP contribution in [0.5, 0.6) is 0 Å². The number of carbonyl (C=O) groups is 1. The van der Waals surface area contributed by atoms with Crippen molar-refractivity contribution in [3.05, 3.63) is 29.6 Å². The third-order valence-electron chi connectivity index (χ3n) is 1.82. The van der Waals surface area contributed by atoms with Crippen molar-refractivity contribution in [2.24, 2.45) is 0 Å². The Bertz CT molecular complexity index is 308. The normalized spacial score (nSPS) is 10.2. The monoisotopic (exact) mass is 178 g/mol. The van der Waals surface area contributed by atoms with Crippen molar-refractivity contribution < 1.29 is 4.79 Å². The number of aromatic nitrogens is 1. The van der Waals surface area contributed by atoms with Crippen molar-refractivity contribution in [2.75, 3.05) is 7.05 Å². The van der Waals surface area contributed by atoms with Gasteiger partial charge in [0.2, 0.25) is 0 Å². The average Bonchev–Trinajstić information content (AvgIpc) is 2.17. The average molecular weight is 178 g/mol. The number of nitrogens with zero attached hydrogens (tertiary/aromatic N) is 1. The van der Waals surface area contributed by atoms with Gasteiger partial charge in [0.05, 0.1) is 0 Å². The van der Waals surface area contributed by atoms with E-state index in [1.807, 2.05) is 12.1 Å². The van der Waals surface area contributed by atoms with Crippen molar-refractivity contribution in [1.82, 2.24) is 10.3 Å². The Kier molecular flexibility index (Phi) is 3.01. The molecule has 0 spiro atoms. The molecular formula is C10H14N2O. The lowest BCUT2D eigenvalue weighted by molar-refractivity contribution is 0.0958. The molecule has 0 bridgehead atoms. The molecule has 0 fully saturated rings. The van der Waals surface area contributed by atoms with Crippen LogP contribution in [0.3, 0.4) is 0 Å². The lowest BCUT2D eigenvalue weighted by Gasteiger charge is -2.05. The van der Waals surface area contributed by atoms with Gasteiger partial charge in [0.25, 0.3) is 5.91 Å². The zero-order valence-corrected chi connectivity index (χ0v) is 8.16. The van der Waals surface area contributed by atoms with Gasteiger partial charge in [0.15, 0.2) is 0 Å². The minimum absolute atomic E-state index is 0.137. The number of amides is 1. The molecule has 0 saturated heterocycles. The number of rotatable bonds is 2. The summed E-state index contributed by atoms with van der Waals surface area (Å²) in [4.78, 5) is 15.4. The second-order valence-electron chi connectivity index (χ2n) is 3.18. The minimum atomic E-state index is -0.137. The van der Waals surface area contributed by atoms with E-state index >= 15 is 0 Å². The first kappa shape index (κ1) is 9.71. The molecule has 70 valence electrons. The SMILES string of the molecule is CNC(=O)c1cccc(C(C)C)n1. The highest BCUT2D eigenvalue weighted by molar-refractivity contribution is 5.91. The summed E-state index contributed by atoms with van der Waals surface area (Å²) < 4.78 is 0. The third-order valence-corrected chi connectivity index (χ3v) is 1.82. The van der Waals surface area contributed by atoms with Gasteiger partial charge in [-0.1, -0.05) is 19.9 Å². The molecule has 0 saturated carbocycles. The smallest absolute Gasteiger partial charge is 0.269 e. The number of pyridine rings is 1. The van der Waals surface area contributed by atoms with Crippen LogP contribution >= 0.6 is 0 Å². The lowest BCUT2D eigenvalue weighted by atomic mass is 10.1. The highest BCUT2D eigenvalue weighted by atomic mass is 16.1. The molecule has 13 heavy (non-hydrogen) atoms. The summed E-state index contributed by atoms with van der Waals surface area (Å²) in [6.07, 6.45) is 0. The number of carbonyl (C=O) groups excluding carboxylic acids is 1. The highest BCUT2D eigenvalue weighted by Gasteiger charge is 2.06. The molecule has 1 N–H and O–H groups in total. The number of nitrogens with one attached hydrogen (secondary N) is 1. The van der Waals surface area contributed by atoms with E-state index in [1.165, 1.54) is 0 Å². The van der Waals surface area contributed by atoms with Crippen molar-refractivity contribution in [1.29, 1.82) is 0 Å². The molecule has 0 unspecified atom stereocenters. The highest BCUT2D eigenvalue weighted by Crippen LogP contribution is 2.11. The minimum Gasteiger partial charge on any atom is -0.354 e. The van der Waals surface area contributed by atoms with Gasteiger partial charge in [-0.05, 0) is 18.1 Å². The van der Waals surface area contributed by atoms with E-state index in [-0.39, 0.29) is 5.91 Å². The first-order chi connectivity index (χ1) is 6.15. The lowest BCUT2D eigenvalue weighted by Crippen LogP contribution is -2.19. The van der Waals surface area contributed by atoms with Crippen LogP contribution in [0, 0.1) is 0 Å². The van der Waals surface area contributed by atoms with E-state index in [0.29, 0.717) is 11.6 Å². The summed E-state index contributed by atoms with van der Waals surface area (Å²) in [5, 5.41) is 2.55. The molecule has 0 atom stereocenters. The van der Waals surface area contributed by atoms with Crippen LogP contribution in [0.1, 0.15) is 35.9 Å². The van der Waals surface area contributed by atoms with Crippen LogP contribution in [0.25, 0.3) is 0 Å². The largest absolute Gasteiger partial charge is 0.354 e. The van der Waals surface area contributed by atoms with Crippen LogP contribution in [0.2, 0.25) is 0 Å². The van der Waals surface area contributed by atoms with E-state index in [2.05, 4.69) is 24.1 Å². The Morgan fingerprint density at radius 3 is 2.69 bits per heavy atom. The first-order valence-corrected chi connectivity index (χ1v) is 4.34. The first-order valence-electron chi connectivity index (χ1n) is 4.34. The summed E-state index contributed by atoms with van der Waals surface area (Å²) in [5.41, 5.74) is 1.43. The van der Waals surface area contributed by atoms with Gasteiger partial charge >= 0.3 is 0 Å². The fraction of sp³-hybridized carbons (Fsp3) is 0.400. The predicted molar refractivity (Wildman–Crippen MR) is 51.7 cm³/mol. The quantitative estimate of drug-likeness (QED) is 0.746. The zero-order chi connectivity index (χ0) is 9.84. The molecule has 0 aromatic carbocycles. The van der Waals surface area contributed by atoms with Crippen LogP contribution in [0.4, 0.5) is 0 Å². The van der Waals surface area contributed by atoms with Crippen LogP contribution in [0.15, 0.2) is 18.2 Å². The second-order valence-corrected chi connectivity index (χ2v) is 3.18. The maximum absolute atomic E-state index is 11.2. The van der Waals surface area contributed by atoms with Crippen molar-refractivity contribution >= 4 is 5.91 Å². The summed E-state index contributed by atoms with van der Waals surface area (Å²) in [5.74, 6) is 0.215. The molecule has 1 rings (SSSR count). The maximum atomic E-state index is 11.2. The number of hydrogen-bond donors (Lipinski definition) is 1. The van der Waals surface area contributed by atoms with Crippen LogP contribution in [-0.4, -0.2) is 17.9 Å². The Morgan fingerprint density at radius 1 is 1.46 bits per heavy atom. The zero-order valence-electron chi connectivity index (χ0n) is 8.16. The molecule has 0 aliphatic rings.